The predicted molar refractivity (Wildman–Crippen MR) is 56.9 cm³/mol. The van der Waals surface area contributed by atoms with Gasteiger partial charge >= 0.3 is 6.09 Å². The van der Waals surface area contributed by atoms with Crippen molar-refractivity contribution in [2.75, 3.05) is 19.9 Å². The number of hydrogen-bond acceptors (Lipinski definition) is 3. The number of nitrogens with two attached hydrogens (primary N) is 1. The van der Waals surface area contributed by atoms with Crippen LogP contribution in [-0.2, 0) is 6.54 Å². The molecule has 0 unspecified atom stereocenters. The molecule has 3 N–H and O–H groups in total. The molecule has 0 aromatic heterocycles. The second-order valence-electron chi connectivity index (χ2n) is 3.21. The zero-order valence-corrected chi connectivity index (χ0v) is 8.73. The molecule has 0 saturated heterocycles. The molecule has 0 aliphatic carbocycles. The molecule has 0 heterocycles. The van der Waals surface area contributed by atoms with Crippen molar-refractivity contribution in [3.05, 3.63) is 23.8 Å². The van der Waals surface area contributed by atoms with E-state index in [2.05, 4.69) is 0 Å². The standard InChI is InChI=1S/C10H14N2O3/c1-12(10(13)14)6-7-3-4-8(11)9(5-7)15-2/h3-5H,6,11H2,1-2H3,(H,13,14). The molecule has 82 valence electrons. The van der Waals surface area contributed by atoms with Crippen molar-refractivity contribution in [1.82, 2.24) is 4.90 Å². The molecule has 1 aromatic rings. The van der Waals surface area contributed by atoms with Crippen molar-refractivity contribution >= 4 is 11.8 Å². The maximum absolute atomic E-state index is 10.6. The molecule has 15 heavy (non-hydrogen) atoms. The quantitative estimate of drug-likeness (QED) is 0.739. The second-order valence-corrected chi connectivity index (χ2v) is 3.21. The Morgan fingerprint density at radius 2 is 2.27 bits per heavy atom. The summed E-state index contributed by atoms with van der Waals surface area (Å²) in [5, 5.41) is 8.69. The van der Waals surface area contributed by atoms with Gasteiger partial charge in [-0.1, -0.05) is 6.07 Å². The van der Waals surface area contributed by atoms with E-state index in [0.29, 0.717) is 18.0 Å². The van der Waals surface area contributed by atoms with Gasteiger partial charge in [0.2, 0.25) is 0 Å². The molecule has 0 radical (unpaired) electrons. The molecule has 0 aliphatic heterocycles. The molecule has 5 nitrogen and oxygen atoms in total. The lowest BCUT2D eigenvalue weighted by atomic mass is 10.2. The number of amides is 1. The predicted octanol–water partition coefficient (Wildman–Crippen LogP) is 1.39. The van der Waals surface area contributed by atoms with Crippen molar-refractivity contribution in [1.29, 1.82) is 0 Å². The van der Waals surface area contributed by atoms with Gasteiger partial charge in [0, 0.05) is 13.6 Å². The second kappa shape index (κ2) is 4.54. The van der Waals surface area contributed by atoms with Crippen LogP contribution in [0.15, 0.2) is 18.2 Å². The Bertz CT molecular complexity index is 366. The lowest BCUT2D eigenvalue weighted by Crippen LogP contribution is -2.23. The Hall–Kier alpha value is -1.91. The molecule has 1 aromatic carbocycles. The van der Waals surface area contributed by atoms with Crippen LogP contribution in [-0.4, -0.2) is 30.3 Å². The first-order valence-electron chi connectivity index (χ1n) is 4.41. The van der Waals surface area contributed by atoms with E-state index >= 15 is 0 Å². The molecule has 0 fully saturated rings. The first-order valence-corrected chi connectivity index (χ1v) is 4.41. The third-order valence-electron chi connectivity index (χ3n) is 2.04. The Morgan fingerprint density at radius 1 is 1.60 bits per heavy atom. The molecule has 1 amide bonds. The van der Waals surface area contributed by atoms with Crippen LogP contribution in [0, 0.1) is 0 Å². The molecule has 5 heteroatoms. The van der Waals surface area contributed by atoms with Gasteiger partial charge in [0.25, 0.3) is 0 Å². The first-order chi connectivity index (χ1) is 7.04. The van der Waals surface area contributed by atoms with Crippen molar-refractivity contribution < 1.29 is 14.6 Å². The van der Waals surface area contributed by atoms with Gasteiger partial charge in [-0.05, 0) is 17.7 Å². The van der Waals surface area contributed by atoms with Gasteiger partial charge in [0.15, 0.2) is 0 Å². The van der Waals surface area contributed by atoms with Crippen LogP contribution >= 0.6 is 0 Å². The van der Waals surface area contributed by atoms with Crippen molar-refractivity contribution in [3.8, 4) is 5.75 Å². The van der Waals surface area contributed by atoms with Crippen molar-refractivity contribution in [2.24, 2.45) is 0 Å². The molecule has 0 atom stereocenters. The largest absolute Gasteiger partial charge is 0.495 e. The minimum Gasteiger partial charge on any atom is -0.495 e. The SMILES string of the molecule is COc1cc(CN(C)C(=O)O)ccc1N. The van der Waals surface area contributed by atoms with Crippen LogP contribution in [0.1, 0.15) is 5.56 Å². The molecule has 0 aliphatic rings. The highest BCUT2D eigenvalue weighted by atomic mass is 16.5. The summed E-state index contributed by atoms with van der Waals surface area (Å²) in [6.45, 7) is 0.311. The average molecular weight is 210 g/mol. The summed E-state index contributed by atoms with van der Waals surface area (Å²) >= 11 is 0. The highest BCUT2D eigenvalue weighted by Crippen LogP contribution is 2.22. The van der Waals surface area contributed by atoms with Gasteiger partial charge in [-0.3, -0.25) is 0 Å². The highest BCUT2D eigenvalue weighted by Gasteiger charge is 2.07. The fraction of sp³-hybridized carbons (Fsp3) is 0.300. The Morgan fingerprint density at radius 3 is 2.80 bits per heavy atom. The van der Waals surface area contributed by atoms with Gasteiger partial charge in [0.05, 0.1) is 12.8 Å². The number of benzene rings is 1. The molecule has 0 saturated carbocycles. The minimum atomic E-state index is -0.967. The number of nitrogen functional groups attached to an aromatic ring is 1. The number of carbonyl (C=O) groups is 1. The van der Waals surface area contributed by atoms with Crippen LogP contribution < -0.4 is 10.5 Å². The molecule has 1 rings (SSSR count). The van der Waals surface area contributed by atoms with Crippen LogP contribution in [0.5, 0.6) is 5.75 Å². The number of carboxylic acid groups (broad SMARTS) is 1. The summed E-state index contributed by atoms with van der Waals surface area (Å²) in [4.78, 5) is 11.8. The summed E-state index contributed by atoms with van der Waals surface area (Å²) < 4.78 is 5.04. The third-order valence-corrected chi connectivity index (χ3v) is 2.04. The number of methoxy groups -OCH3 is 1. The van der Waals surface area contributed by atoms with E-state index in [1.54, 1.807) is 18.2 Å². The molecule has 0 spiro atoms. The van der Waals surface area contributed by atoms with E-state index in [4.69, 9.17) is 15.6 Å². The smallest absolute Gasteiger partial charge is 0.407 e. The average Bonchev–Trinajstić information content (AvgIpc) is 2.20. The fourth-order valence-corrected chi connectivity index (χ4v) is 1.20. The maximum Gasteiger partial charge on any atom is 0.407 e. The van der Waals surface area contributed by atoms with Gasteiger partial charge < -0.3 is 20.5 Å². The van der Waals surface area contributed by atoms with E-state index in [1.807, 2.05) is 0 Å². The Kier molecular flexibility index (Phi) is 3.38. The van der Waals surface area contributed by atoms with E-state index in [-0.39, 0.29) is 0 Å². The fourth-order valence-electron chi connectivity index (χ4n) is 1.20. The lowest BCUT2D eigenvalue weighted by molar-refractivity contribution is 0.153. The van der Waals surface area contributed by atoms with E-state index in [0.717, 1.165) is 5.56 Å². The molecular weight excluding hydrogens is 196 g/mol. The topological polar surface area (TPSA) is 75.8 Å². The summed E-state index contributed by atoms with van der Waals surface area (Å²) in [6.07, 6.45) is -0.967. The zero-order chi connectivity index (χ0) is 11.4. The van der Waals surface area contributed by atoms with E-state index in [9.17, 15) is 4.79 Å². The number of hydrogen-bond donors (Lipinski definition) is 2. The monoisotopic (exact) mass is 210 g/mol. The van der Waals surface area contributed by atoms with Crippen molar-refractivity contribution in [3.63, 3.8) is 0 Å². The third kappa shape index (κ3) is 2.77. The lowest BCUT2D eigenvalue weighted by Gasteiger charge is -2.14. The van der Waals surface area contributed by atoms with Crippen LogP contribution in [0.3, 0.4) is 0 Å². The summed E-state index contributed by atoms with van der Waals surface area (Å²) in [5.41, 5.74) is 7.02. The van der Waals surface area contributed by atoms with Gasteiger partial charge in [0.1, 0.15) is 5.75 Å². The summed E-state index contributed by atoms with van der Waals surface area (Å²) in [7, 11) is 3.03. The van der Waals surface area contributed by atoms with E-state index < -0.39 is 6.09 Å². The minimum absolute atomic E-state index is 0.311. The Labute approximate surface area is 88.1 Å². The zero-order valence-electron chi connectivity index (χ0n) is 8.73. The normalized spacial score (nSPS) is 9.73. The summed E-state index contributed by atoms with van der Waals surface area (Å²) in [5.74, 6) is 0.561. The Balaban J connectivity index is 2.83. The van der Waals surface area contributed by atoms with Crippen molar-refractivity contribution in [2.45, 2.75) is 6.54 Å². The van der Waals surface area contributed by atoms with E-state index in [1.165, 1.54) is 19.1 Å². The number of rotatable bonds is 3. The molecular formula is C10H14N2O3. The summed E-state index contributed by atoms with van der Waals surface area (Å²) in [6, 6.07) is 5.20. The van der Waals surface area contributed by atoms with Gasteiger partial charge in [-0.25, -0.2) is 4.79 Å². The highest BCUT2D eigenvalue weighted by molar-refractivity contribution is 5.64. The van der Waals surface area contributed by atoms with Gasteiger partial charge in [-0.2, -0.15) is 0 Å². The van der Waals surface area contributed by atoms with Crippen LogP contribution in [0.25, 0.3) is 0 Å². The first kappa shape index (κ1) is 11.2. The maximum atomic E-state index is 10.6. The number of nitrogens with zero attached hydrogens (tertiary/aromatic N) is 1. The van der Waals surface area contributed by atoms with Gasteiger partial charge in [-0.15, -0.1) is 0 Å². The number of ether oxygens (including phenoxy) is 1. The van der Waals surface area contributed by atoms with Crippen LogP contribution in [0.4, 0.5) is 10.5 Å². The number of anilines is 1. The molecule has 0 bridgehead atoms. The van der Waals surface area contributed by atoms with Crippen LogP contribution in [0.2, 0.25) is 0 Å².